The fraction of sp³-hybridized carbons (Fsp3) is 0.353. The zero-order chi connectivity index (χ0) is 18.3. The quantitative estimate of drug-likeness (QED) is 0.725. The van der Waals surface area contributed by atoms with Crippen LogP contribution >= 0.6 is 0 Å². The van der Waals surface area contributed by atoms with Gasteiger partial charge >= 0.3 is 0 Å². The highest BCUT2D eigenvalue weighted by Gasteiger charge is 2.18. The average molecular weight is 366 g/mol. The van der Waals surface area contributed by atoms with E-state index in [2.05, 4.69) is 5.32 Å². The Kier molecular flexibility index (Phi) is 6.60. The van der Waals surface area contributed by atoms with Crippen molar-refractivity contribution in [3.8, 4) is 5.75 Å². The molecule has 25 heavy (non-hydrogen) atoms. The Morgan fingerprint density at radius 2 is 1.96 bits per heavy atom. The van der Waals surface area contributed by atoms with Crippen LogP contribution in [0.2, 0.25) is 0 Å². The number of methoxy groups -OCH3 is 1. The van der Waals surface area contributed by atoms with Crippen LogP contribution in [0, 0.1) is 0 Å². The van der Waals surface area contributed by atoms with Crippen LogP contribution in [0.3, 0.4) is 0 Å². The molecule has 0 saturated carbocycles. The normalized spacial score (nSPS) is 11.5. The number of carbonyl (C=O) groups is 1. The Bertz CT molecular complexity index is 770. The maximum atomic E-state index is 12.0. The molecule has 1 amide bonds. The van der Waals surface area contributed by atoms with E-state index in [1.165, 1.54) is 10.6 Å². The van der Waals surface area contributed by atoms with Gasteiger partial charge in [-0.05, 0) is 29.8 Å². The van der Waals surface area contributed by atoms with Crippen LogP contribution in [0.25, 0.3) is 0 Å². The van der Waals surface area contributed by atoms with E-state index in [-0.39, 0.29) is 32.0 Å². The van der Waals surface area contributed by atoms with Crippen molar-refractivity contribution in [2.45, 2.75) is 13.0 Å². The molecule has 0 aliphatic carbocycles. The van der Waals surface area contributed by atoms with Gasteiger partial charge in [0.2, 0.25) is 15.9 Å². The molecule has 0 unspecified atom stereocenters. The van der Waals surface area contributed by atoms with Crippen molar-refractivity contribution in [2.24, 2.45) is 0 Å². The number of sulfonamides is 1. The number of nitrogens with zero attached hydrogens (tertiary/aromatic N) is 1. The molecule has 8 heteroatoms. The van der Waals surface area contributed by atoms with Crippen molar-refractivity contribution < 1.29 is 22.4 Å². The molecular weight excluding hydrogens is 344 g/mol. The summed E-state index contributed by atoms with van der Waals surface area (Å²) in [5.74, 6) is 1.11. The number of furan rings is 1. The summed E-state index contributed by atoms with van der Waals surface area (Å²) in [6.45, 7) is 0.539. The van der Waals surface area contributed by atoms with Crippen LogP contribution in [0.15, 0.2) is 47.1 Å². The number of rotatable bonds is 9. The van der Waals surface area contributed by atoms with Gasteiger partial charge in [-0.3, -0.25) is 4.79 Å². The van der Waals surface area contributed by atoms with E-state index < -0.39 is 10.0 Å². The zero-order valence-corrected chi connectivity index (χ0v) is 15.1. The number of hydrogen-bond donors (Lipinski definition) is 1. The van der Waals surface area contributed by atoms with Gasteiger partial charge in [-0.15, -0.1) is 0 Å². The minimum absolute atomic E-state index is 0.139. The third-order valence-corrected chi connectivity index (χ3v) is 4.84. The van der Waals surface area contributed by atoms with Crippen LogP contribution < -0.4 is 10.1 Å². The molecule has 7 nitrogen and oxygen atoms in total. The van der Waals surface area contributed by atoms with Gasteiger partial charge < -0.3 is 14.5 Å². The van der Waals surface area contributed by atoms with Gasteiger partial charge in [-0.2, -0.15) is 4.31 Å². The molecule has 1 aromatic heterocycles. The maximum absolute atomic E-state index is 12.0. The highest BCUT2D eigenvalue weighted by molar-refractivity contribution is 7.88. The minimum atomic E-state index is -3.40. The number of hydrogen-bond acceptors (Lipinski definition) is 5. The third-order valence-electron chi connectivity index (χ3n) is 3.59. The van der Waals surface area contributed by atoms with Crippen molar-refractivity contribution in [2.75, 3.05) is 26.5 Å². The van der Waals surface area contributed by atoms with Crippen LogP contribution in [0.1, 0.15) is 11.3 Å². The molecule has 0 aliphatic rings. The molecule has 136 valence electrons. The molecular formula is C17H22N2O5S. The summed E-state index contributed by atoms with van der Waals surface area (Å²) in [6, 6.07) is 10.6. The van der Waals surface area contributed by atoms with Crippen molar-refractivity contribution in [1.82, 2.24) is 9.62 Å². The Morgan fingerprint density at radius 1 is 1.24 bits per heavy atom. The zero-order valence-electron chi connectivity index (χ0n) is 14.3. The number of nitrogens with one attached hydrogen (secondary N) is 1. The van der Waals surface area contributed by atoms with Gasteiger partial charge in [0.05, 0.1) is 32.6 Å². The molecule has 0 bridgehead atoms. The van der Waals surface area contributed by atoms with E-state index in [0.717, 1.165) is 17.6 Å². The molecule has 1 aromatic carbocycles. The Morgan fingerprint density at radius 3 is 2.52 bits per heavy atom. The maximum Gasteiger partial charge on any atom is 0.224 e. The summed E-state index contributed by atoms with van der Waals surface area (Å²) in [7, 11) is -1.82. The molecule has 0 radical (unpaired) electrons. The van der Waals surface area contributed by atoms with E-state index in [9.17, 15) is 13.2 Å². The van der Waals surface area contributed by atoms with Crippen molar-refractivity contribution >= 4 is 15.9 Å². The molecule has 1 N–H and O–H groups in total. The first kappa shape index (κ1) is 19.0. The van der Waals surface area contributed by atoms with Crippen LogP contribution in [-0.4, -0.2) is 45.1 Å². The first-order valence-electron chi connectivity index (χ1n) is 7.75. The Labute approximate surface area is 147 Å². The first-order valence-corrected chi connectivity index (χ1v) is 9.60. The molecule has 1 heterocycles. The summed E-state index contributed by atoms with van der Waals surface area (Å²) >= 11 is 0. The summed E-state index contributed by atoms with van der Waals surface area (Å²) in [4.78, 5) is 12.0. The lowest BCUT2D eigenvalue weighted by atomic mass is 10.1. The van der Waals surface area contributed by atoms with Gasteiger partial charge in [0, 0.05) is 13.1 Å². The second-order valence-electron chi connectivity index (χ2n) is 5.55. The lowest BCUT2D eigenvalue weighted by molar-refractivity contribution is -0.120. The molecule has 0 atom stereocenters. The van der Waals surface area contributed by atoms with Crippen LogP contribution in [0.4, 0.5) is 0 Å². The molecule has 0 aliphatic heterocycles. The van der Waals surface area contributed by atoms with Crippen molar-refractivity contribution in [3.63, 3.8) is 0 Å². The molecule has 2 aromatic rings. The summed E-state index contributed by atoms with van der Waals surface area (Å²) in [5.41, 5.74) is 0.855. The Balaban J connectivity index is 1.82. The molecule has 0 spiro atoms. The average Bonchev–Trinajstić information content (AvgIpc) is 3.07. The second kappa shape index (κ2) is 8.68. The van der Waals surface area contributed by atoms with Crippen molar-refractivity contribution in [3.05, 3.63) is 54.0 Å². The third kappa shape index (κ3) is 6.24. The minimum Gasteiger partial charge on any atom is -0.497 e. The fourth-order valence-corrected chi connectivity index (χ4v) is 3.03. The highest BCUT2D eigenvalue weighted by Crippen LogP contribution is 2.12. The number of benzene rings is 1. The molecule has 0 fully saturated rings. The summed E-state index contributed by atoms with van der Waals surface area (Å²) in [6.07, 6.45) is 2.85. The van der Waals surface area contributed by atoms with E-state index in [1.807, 2.05) is 12.1 Å². The van der Waals surface area contributed by atoms with Crippen molar-refractivity contribution in [1.29, 1.82) is 0 Å². The Hall–Kier alpha value is -2.32. The van der Waals surface area contributed by atoms with E-state index in [1.54, 1.807) is 31.4 Å². The second-order valence-corrected chi connectivity index (χ2v) is 7.53. The molecule has 0 saturated heterocycles. The van der Waals surface area contributed by atoms with Gasteiger partial charge in [-0.1, -0.05) is 12.1 Å². The highest BCUT2D eigenvalue weighted by atomic mass is 32.2. The standard InChI is InChI=1S/C17H22N2O5S/c1-23-15-7-5-14(6-8-15)12-17(20)18-9-10-19(25(2,21)22)13-16-4-3-11-24-16/h3-8,11H,9-10,12-13H2,1-2H3,(H,18,20). The first-order chi connectivity index (χ1) is 11.9. The predicted octanol–water partition coefficient (Wildman–Crippen LogP) is 1.41. The van der Waals surface area contributed by atoms with Gasteiger partial charge in [0.15, 0.2) is 0 Å². The monoisotopic (exact) mass is 366 g/mol. The van der Waals surface area contributed by atoms with Crippen LogP contribution in [-0.2, 0) is 27.8 Å². The molecule has 2 rings (SSSR count). The lowest BCUT2D eigenvalue weighted by Crippen LogP contribution is -2.38. The predicted molar refractivity (Wildman–Crippen MR) is 93.7 cm³/mol. The smallest absolute Gasteiger partial charge is 0.224 e. The lowest BCUT2D eigenvalue weighted by Gasteiger charge is -2.19. The number of ether oxygens (including phenoxy) is 1. The van der Waals surface area contributed by atoms with Gasteiger partial charge in [-0.25, -0.2) is 8.42 Å². The van der Waals surface area contributed by atoms with E-state index >= 15 is 0 Å². The summed E-state index contributed by atoms with van der Waals surface area (Å²) < 4.78 is 35.2. The largest absolute Gasteiger partial charge is 0.497 e. The fourth-order valence-electron chi connectivity index (χ4n) is 2.25. The van der Waals surface area contributed by atoms with Gasteiger partial charge in [0.1, 0.15) is 11.5 Å². The van der Waals surface area contributed by atoms with Crippen LogP contribution in [0.5, 0.6) is 5.75 Å². The summed E-state index contributed by atoms with van der Waals surface area (Å²) in [5, 5.41) is 2.74. The van der Waals surface area contributed by atoms with Gasteiger partial charge in [0.25, 0.3) is 0 Å². The number of carbonyl (C=O) groups excluding carboxylic acids is 1. The van der Waals surface area contributed by atoms with E-state index in [0.29, 0.717) is 5.76 Å². The van der Waals surface area contributed by atoms with E-state index in [4.69, 9.17) is 9.15 Å². The topological polar surface area (TPSA) is 88.8 Å². The number of amides is 1. The SMILES string of the molecule is COc1ccc(CC(=O)NCCN(Cc2ccco2)S(C)(=O)=O)cc1.